The van der Waals surface area contributed by atoms with Crippen LogP contribution in [0.5, 0.6) is 0 Å². The first-order valence-corrected chi connectivity index (χ1v) is 14.6. The fourth-order valence-electron chi connectivity index (χ4n) is 4.24. The summed E-state index contributed by atoms with van der Waals surface area (Å²) in [5, 5.41) is 24.8. The molecule has 0 bridgehead atoms. The summed E-state index contributed by atoms with van der Waals surface area (Å²) < 4.78 is 0. The Kier molecular flexibility index (Phi) is 13.7. The van der Waals surface area contributed by atoms with Gasteiger partial charge in [0.15, 0.2) is 17.3 Å². The highest BCUT2D eigenvalue weighted by Crippen LogP contribution is 2.43. The molecule has 42 heavy (non-hydrogen) atoms. The van der Waals surface area contributed by atoms with Crippen LogP contribution in [0.3, 0.4) is 0 Å². The third kappa shape index (κ3) is 11.4. The minimum atomic E-state index is -1.20. The monoisotopic (exact) mass is 594 g/mol. The number of ketones is 2. The molecule has 10 heteroatoms. The van der Waals surface area contributed by atoms with Crippen LogP contribution in [-0.2, 0) is 24.0 Å². The number of carboxylic acid groups (broad SMARTS) is 1. The van der Waals surface area contributed by atoms with Crippen molar-refractivity contribution in [3.8, 4) is 0 Å². The van der Waals surface area contributed by atoms with Crippen LogP contribution in [0, 0.1) is 11.3 Å². The minimum absolute atomic E-state index is 0.000453. The molecule has 2 amide bonds. The van der Waals surface area contributed by atoms with Crippen molar-refractivity contribution >= 4 is 41.1 Å². The van der Waals surface area contributed by atoms with E-state index in [0.29, 0.717) is 6.54 Å². The van der Waals surface area contributed by atoms with E-state index in [4.69, 9.17) is 0 Å². The van der Waals surface area contributed by atoms with Gasteiger partial charge in [0.05, 0.1) is 5.57 Å². The van der Waals surface area contributed by atoms with Crippen molar-refractivity contribution in [1.29, 1.82) is 0 Å². The van der Waals surface area contributed by atoms with E-state index in [1.165, 1.54) is 24.8 Å². The number of rotatable bonds is 5. The predicted molar refractivity (Wildman–Crippen MR) is 165 cm³/mol. The molecule has 2 rings (SSSR count). The second-order valence-corrected chi connectivity index (χ2v) is 11.5. The van der Waals surface area contributed by atoms with E-state index in [0.717, 1.165) is 0 Å². The van der Waals surface area contributed by atoms with Gasteiger partial charge in [-0.2, -0.15) is 11.8 Å². The molecule has 0 radical (unpaired) electrons. The molecule has 2 aliphatic rings. The SMILES string of the molecule is CC(=O)N[C@@H](CSC1/C=C/C=C\C=C\C=C/C(C)CNC(=O)\C=C/C=C\C=C\C2(C)CC(=O)C(O)=C2C(=O)C1)C(=O)O. The zero-order chi connectivity index (χ0) is 31.1. The number of carboxylic acids is 1. The van der Waals surface area contributed by atoms with E-state index in [-0.39, 0.29) is 36.0 Å². The maximum Gasteiger partial charge on any atom is 0.327 e. The van der Waals surface area contributed by atoms with E-state index < -0.39 is 45.9 Å². The Hall–Kier alpha value is -4.18. The van der Waals surface area contributed by atoms with Crippen molar-refractivity contribution in [3.05, 3.63) is 96.4 Å². The summed E-state index contributed by atoms with van der Waals surface area (Å²) in [7, 11) is 0. The summed E-state index contributed by atoms with van der Waals surface area (Å²) >= 11 is 1.17. The van der Waals surface area contributed by atoms with Gasteiger partial charge in [-0.25, -0.2) is 4.79 Å². The third-order valence-corrected chi connectivity index (χ3v) is 7.66. The van der Waals surface area contributed by atoms with Gasteiger partial charge in [-0.05, 0) is 5.92 Å². The van der Waals surface area contributed by atoms with Gasteiger partial charge in [0.1, 0.15) is 6.04 Å². The largest absolute Gasteiger partial charge is 0.504 e. The molecule has 0 aromatic rings. The minimum Gasteiger partial charge on any atom is -0.504 e. The Bertz CT molecular complexity index is 1290. The Morgan fingerprint density at radius 1 is 1.00 bits per heavy atom. The van der Waals surface area contributed by atoms with E-state index in [9.17, 15) is 34.2 Å². The standard InChI is InChI=1S/C32H38N2O7S/c1-22-14-10-6-4-5-7-11-15-24(42-21-25(31(40)41)34-23(2)35)18-26(36)29-30(39)27(37)19-32(29,3)17-13-9-8-12-16-28(38)33-20-22/h4-17,22,24-25,39H,18-21H2,1-3H3,(H,33,38)(H,34,35)(H,40,41)/b6-4+,7-5-,9-8-,14-10-,15-11+,16-12-,17-13+/t22?,24?,25-,32?/m0/s1. The van der Waals surface area contributed by atoms with Crippen LogP contribution in [0.15, 0.2) is 96.4 Å². The molecule has 224 valence electrons. The van der Waals surface area contributed by atoms with Crippen LogP contribution in [0.1, 0.15) is 33.6 Å². The number of amides is 2. The van der Waals surface area contributed by atoms with Crippen LogP contribution in [0.2, 0.25) is 0 Å². The van der Waals surface area contributed by atoms with Crippen molar-refractivity contribution in [3.63, 3.8) is 0 Å². The Morgan fingerprint density at radius 3 is 2.29 bits per heavy atom. The lowest BCUT2D eigenvalue weighted by atomic mass is 9.80. The van der Waals surface area contributed by atoms with Gasteiger partial charge in [-0.15, -0.1) is 0 Å². The van der Waals surface area contributed by atoms with Crippen LogP contribution >= 0.6 is 11.8 Å². The molecule has 0 saturated carbocycles. The molecule has 9 nitrogen and oxygen atoms in total. The number of fused-ring (bicyclic) bond motifs is 1. The highest BCUT2D eigenvalue weighted by molar-refractivity contribution is 8.00. The molecule has 0 saturated heterocycles. The highest BCUT2D eigenvalue weighted by atomic mass is 32.2. The summed E-state index contributed by atoms with van der Waals surface area (Å²) in [6.07, 6.45) is 23.9. The molecule has 0 aromatic carbocycles. The second kappa shape index (κ2) is 16.9. The summed E-state index contributed by atoms with van der Waals surface area (Å²) in [6, 6.07) is -1.15. The smallest absolute Gasteiger partial charge is 0.327 e. The van der Waals surface area contributed by atoms with Gasteiger partial charge in [0.25, 0.3) is 0 Å². The number of aliphatic hydroxyl groups is 1. The normalized spacial score (nSPS) is 30.2. The maximum atomic E-state index is 13.5. The average Bonchev–Trinajstić information content (AvgIpc) is 3.14. The number of carbonyl (C=O) groups is 5. The number of carbonyl (C=O) groups excluding carboxylic acids is 4. The molecular weight excluding hydrogens is 556 g/mol. The van der Waals surface area contributed by atoms with Crippen LogP contribution in [-0.4, -0.2) is 63.2 Å². The van der Waals surface area contributed by atoms with Gasteiger partial charge in [-0.3, -0.25) is 19.2 Å². The zero-order valence-corrected chi connectivity index (χ0v) is 24.8. The lowest BCUT2D eigenvalue weighted by molar-refractivity contribution is -0.140. The average molecular weight is 595 g/mol. The van der Waals surface area contributed by atoms with Crippen LogP contribution in [0.25, 0.3) is 0 Å². The number of Topliss-reactive ketones (excluding diaryl/α,β-unsaturated/α-hetero) is 2. The summed E-state index contributed by atoms with van der Waals surface area (Å²) in [6.45, 7) is 5.37. The maximum absolute atomic E-state index is 13.5. The molecule has 0 aromatic heterocycles. The molecule has 0 fully saturated rings. The zero-order valence-electron chi connectivity index (χ0n) is 24.0. The molecule has 0 spiro atoms. The first-order chi connectivity index (χ1) is 19.9. The van der Waals surface area contributed by atoms with Gasteiger partial charge in [0.2, 0.25) is 11.8 Å². The number of allylic oxidation sites excluding steroid dienone is 13. The first kappa shape index (κ1) is 34.0. The van der Waals surface area contributed by atoms with Crippen LogP contribution < -0.4 is 10.6 Å². The number of thioether (sulfide) groups is 1. The molecule has 1 aliphatic carbocycles. The van der Waals surface area contributed by atoms with Gasteiger partial charge in [-0.1, -0.05) is 92.8 Å². The Labute approximate surface area is 250 Å². The van der Waals surface area contributed by atoms with E-state index in [1.807, 2.05) is 31.2 Å². The van der Waals surface area contributed by atoms with Crippen molar-refractivity contribution in [1.82, 2.24) is 10.6 Å². The Morgan fingerprint density at radius 2 is 1.62 bits per heavy atom. The summed E-state index contributed by atoms with van der Waals surface area (Å²) in [5.74, 6) is -3.35. The number of aliphatic hydroxyl groups excluding tert-OH is 1. The first-order valence-electron chi connectivity index (χ1n) is 13.5. The van der Waals surface area contributed by atoms with Crippen LogP contribution in [0.4, 0.5) is 0 Å². The number of hydrogen-bond donors (Lipinski definition) is 4. The van der Waals surface area contributed by atoms with E-state index >= 15 is 0 Å². The van der Waals surface area contributed by atoms with E-state index in [2.05, 4.69) is 10.6 Å². The predicted octanol–water partition coefficient (Wildman–Crippen LogP) is 4.09. The molecular formula is C32H38N2O7S. The highest BCUT2D eigenvalue weighted by Gasteiger charge is 2.44. The fourth-order valence-corrected chi connectivity index (χ4v) is 5.38. The lowest BCUT2D eigenvalue weighted by Crippen LogP contribution is -2.41. The molecule has 3 unspecified atom stereocenters. The van der Waals surface area contributed by atoms with Crippen molar-refractivity contribution in [2.75, 3.05) is 12.3 Å². The second-order valence-electron chi connectivity index (χ2n) is 10.2. The fraction of sp³-hybridized carbons (Fsp3) is 0.344. The van der Waals surface area contributed by atoms with Gasteiger partial charge < -0.3 is 20.8 Å². The number of nitrogens with one attached hydrogen (secondary N) is 2. The van der Waals surface area contributed by atoms with E-state index in [1.54, 1.807) is 61.6 Å². The lowest BCUT2D eigenvalue weighted by Gasteiger charge is -2.23. The summed E-state index contributed by atoms with van der Waals surface area (Å²) in [5.41, 5.74) is -1.05. The molecule has 4 atom stereocenters. The van der Waals surface area contributed by atoms with Gasteiger partial charge in [0, 0.05) is 48.8 Å². The topological polar surface area (TPSA) is 150 Å². The molecule has 4 N–H and O–H groups in total. The van der Waals surface area contributed by atoms with Gasteiger partial charge >= 0.3 is 5.97 Å². The number of aliphatic carboxylic acids is 1. The third-order valence-electron chi connectivity index (χ3n) is 6.38. The number of hydrogen-bond acceptors (Lipinski definition) is 7. The molecule has 1 heterocycles. The summed E-state index contributed by atoms with van der Waals surface area (Å²) in [4.78, 5) is 61.1. The van der Waals surface area contributed by atoms with Crippen molar-refractivity contribution < 1.29 is 34.2 Å². The Balaban J connectivity index is 2.39. The quantitative estimate of drug-likeness (QED) is 0.372. The van der Waals surface area contributed by atoms with Crippen molar-refractivity contribution in [2.45, 2.75) is 44.9 Å². The van der Waals surface area contributed by atoms with Crippen molar-refractivity contribution in [2.24, 2.45) is 11.3 Å². The molecule has 1 aliphatic heterocycles.